The topological polar surface area (TPSA) is 12.5 Å². The summed E-state index contributed by atoms with van der Waals surface area (Å²) in [5, 5.41) is 0. The molecule has 1 aliphatic heterocycles. The summed E-state index contributed by atoms with van der Waals surface area (Å²) >= 11 is 0. The van der Waals surface area contributed by atoms with Crippen molar-refractivity contribution in [2.24, 2.45) is 0 Å². The van der Waals surface area contributed by atoms with Gasteiger partial charge < -0.3 is 4.74 Å². The number of benzene rings is 1. The number of hydrogen-bond acceptors (Lipinski definition) is 2. The second-order valence-electron chi connectivity index (χ2n) is 4.87. The van der Waals surface area contributed by atoms with Crippen molar-refractivity contribution in [1.29, 1.82) is 0 Å². The van der Waals surface area contributed by atoms with Crippen LogP contribution in [0.2, 0.25) is 0 Å². The fourth-order valence-electron chi connectivity index (χ4n) is 2.54. The van der Waals surface area contributed by atoms with Gasteiger partial charge in [0.2, 0.25) is 0 Å². The van der Waals surface area contributed by atoms with Gasteiger partial charge in [0.05, 0.1) is 6.61 Å². The summed E-state index contributed by atoms with van der Waals surface area (Å²) in [6.07, 6.45) is 4.47. The second-order valence-corrected chi connectivity index (χ2v) is 4.87. The van der Waals surface area contributed by atoms with Crippen molar-refractivity contribution in [2.75, 3.05) is 26.2 Å². The van der Waals surface area contributed by atoms with Gasteiger partial charge in [-0.25, -0.2) is 4.39 Å². The number of rotatable bonds is 5. The van der Waals surface area contributed by atoms with Crippen LogP contribution >= 0.6 is 0 Å². The molecule has 0 atom stereocenters. The number of halogens is 1. The number of ether oxygens (including phenoxy) is 1. The first-order valence-electron chi connectivity index (χ1n) is 7.08. The molecule has 2 nitrogen and oxygen atoms in total. The van der Waals surface area contributed by atoms with E-state index in [2.05, 4.69) is 17.9 Å². The summed E-state index contributed by atoms with van der Waals surface area (Å²) in [6.45, 7) is 7.84. The third kappa shape index (κ3) is 3.57. The van der Waals surface area contributed by atoms with E-state index in [1.54, 1.807) is 0 Å². The first kappa shape index (κ1) is 14.1. The van der Waals surface area contributed by atoms with Crippen LogP contribution in [0.25, 0.3) is 5.57 Å². The average Bonchev–Trinajstić information content (AvgIpc) is 2.40. The van der Waals surface area contributed by atoms with Crippen molar-refractivity contribution in [1.82, 2.24) is 4.90 Å². The molecule has 0 radical (unpaired) electrons. The number of hydrogen-bond donors (Lipinski definition) is 0. The third-order valence-corrected chi connectivity index (χ3v) is 3.36. The van der Waals surface area contributed by atoms with Crippen LogP contribution in [0.3, 0.4) is 0 Å². The van der Waals surface area contributed by atoms with E-state index in [1.807, 2.05) is 13.0 Å². The highest BCUT2D eigenvalue weighted by Gasteiger charge is 2.16. The van der Waals surface area contributed by atoms with Gasteiger partial charge in [0, 0.05) is 24.7 Å². The van der Waals surface area contributed by atoms with Crippen LogP contribution in [0, 0.1) is 5.82 Å². The Morgan fingerprint density at radius 2 is 2.16 bits per heavy atom. The Bertz CT molecular complexity index is 456. The summed E-state index contributed by atoms with van der Waals surface area (Å²) in [4.78, 5) is 2.44. The minimum Gasteiger partial charge on any atom is -0.493 e. The molecule has 1 aromatic carbocycles. The van der Waals surface area contributed by atoms with Crippen molar-refractivity contribution in [3.63, 3.8) is 0 Å². The summed E-state index contributed by atoms with van der Waals surface area (Å²) < 4.78 is 18.9. The molecule has 0 saturated heterocycles. The monoisotopic (exact) mass is 263 g/mol. The smallest absolute Gasteiger partial charge is 0.129 e. The zero-order valence-electron chi connectivity index (χ0n) is 11.8. The van der Waals surface area contributed by atoms with E-state index in [4.69, 9.17) is 4.74 Å². The predicted molar refractivity (Wildman–Crippen MR) is 76.9 cm³/mol. The summed E-state index contributed by atoms with van der Waals surface area (Å²) in [6, 6.07) is 4.83. The quantitative estimate of drug-likeness (QED) is 0.802. The molecule has 0 amide bonds. The van der Waals surface area contributed by atoms with Crippen molar-refractivity contribution in [2.45, 2.75) is 26.7 Å². The Kier molecular flexibility index (Phi) is 4.97. The van der Waals surface area contributed by atoms with Crippen LogP contribution < -0.4 is 4.74 Å². The fraction of sp³-hybridized carbons (Fsp3) is 0.500. The minimum absolute atomic E-state index is 0.242. The Labute approximate surface area is 114 Å². The van der Waals surface area contributed by atoms with E-state index in [9.17, 15) is 4.39 Å². The van der Waals surface area contributed by atoms with Crippen LogP contribution in [-0.2, 0) is 0 Å². The molecular weight excluding hydrogens is 241 g/mol. The largest absolute Gasteiger partial charge is 0.493 e. The molecule has 0 bridgehead atoms. The fourth-order valence-corrected chi connectivity index (χ4v) is 2.54. The van der Waals surface area contributed by atoms with E-state index in [0.717, 1.165) is 38.0 Å². The van der Waals surface area contributed by atoms with Crippen LogP contribution in [0.15, 0.2) is 24.3 Å². The Morgan fingerprint density at radius 3 is 2.89 bits per heavy atom. The lowest BCUT2D eigenvalue weighted by Gasteiger charge is -2.27. The van der Waals surface area contributed by atoms with Crippen LogP contribution in [0.5, 0.6) is 5.75 Å². The average molecular weight is 263 g/mol. The molecule has 1 aromatic rings. The maximum absolute atomic E-state index is 13.3. The third-order valence-electron chi connectivity index (χ3n) is 3.36. The van der Waals surface area contributed by atoms with Crippen molar-refractivity contribution in [3.8, 4) is 5.75 Å². The molecule has 0 aromatic heterocycles. The van der Waals surface area contributed by atoms with Gasteiger partial charge in [-0.2, -0.15) is 0 Å². The molecule has 0 N–H and O–H groups in total. The maximum Gasteiger partial charge on any atom is 0.129 e. The molecule has 0 fully saturated rings. The Morgan fingerprint density at radius 1 is 1.32 bits per heavy atom. The molecule has 1 heterocycles. The van der Waals surface area contributed by atoms with E-state index in [0.29, 0.717) is 12.4 Å². The van der Waals surface area contributed by atoms with E-state index >= 15 is 0 Å². The molecule has 0 spiro atoms. The SMILES string of the molecule is CCCN1CCC=C(c2ccc(F)cc2OCC)C1. The van der Waals surface area contributed by atoms with Gasteiger partial charge in [-0.3, -0.25) is 4.90 Å². The van der Waals surface area contributed by atoms with Gasteiger partial charge in [-0.1, -0.05) is 13.0 Å². The van der Waals surface area contributed by atoms with Gasteiger partial charge in [-0.05, 0) is 44.0 Å². The zero-order valence-corrected chi connectivity index (χ0v) is 11.8. The van der Waals surface area contributed by atoms with Crippen molar-refractivity contribution < 1.29 is 9.13 Å². The maximum atomic E-state index is 13.3. The highest BCUT2D eigenvalue weighted by atomic mass is 19.1. The standard InChI is InChI=1S/C16H22FNO/c1-3-9-18-10-5-6-13(12-18)15-8-7-14(17)11-16(15)19-4-2/h6-8,11H,3-5,9-10,12H2,1-2H3. The van der Waals surface area contributed by atoms with Crippen molar-refractivity contribution >= 4 is 5.57 Å². The normalized spacial score (nSPS) is 16.3. The second kappa shape index (κ2) is 6.71. The van der Waals surface area contributed by atoms with Crippen LogP contribution in [0.1, 0.15) is 32.3 Å². The molecule has 0 saturated carbocycles. The lowest BCUT2D eigenvalue weighted by Crippen LogP contribution is -2.30. The molecule has 3 heteroatoms. The first-order chi connectivity index (χ1) is 9.24. The summed E-state index contributed by atoms with van der Waals surface area (Å²) in [5.41, 5.74) is 2.28. The van der Waals surface area contributed by atoms with Gasteiger partial charge in [0.15, 0.2) is 0 Å². The Balaban J connectivity index is 2.23. The van der Waals surface area contributed by atoms with Crippen molar-refractivity contribution in [3.05, 3.63) is 35.7 Å². The zero-order chi connectivity index (χ0) is 13.7. The van der Waals surface area contributed by atoms with Gasteiger partial charge in [0.1, 0.15) is 11.6 Å². The lowest BCUT2D eigenvalue weighted by atomic mass is 10.00. The molecule has 0 aliphatic carbocycles. The van der Waals surface area contributed by atoms with Gasteiger partial charge in [0.25, 0.3) is 0 Å². The van der Waals surface area contributed by atoms with Crippen LogP contribution in [-0.4, -0.2) is 31.1 Å². The van der Waals surface area contributed by atoms with E-state index in [1.165, 1.54) is 17.7 Å². The van der Waals surface area contributed by atoms with E-state index in [-0.39, 0.29) is 5.82 Å². The molecule has 104 valence electrons. The van der Waals surface area contributed by atoms with Gasteiger partial charge >= 0.3 is 0 Å². The molecular formula is C16H22FNO. The molecule has 0 unspecified atom stereocenters. The number of nitrogens with zero attached hydrogens (tertiary/aromatic N) is 1. The first-order valence-corrected chi connectivity index (χ1v) is 7.08. The summed E-state index contributed by atoms with van der Waals surface area (Å²) in [7, 11) is 0. The lowest BCUT2D eigenvalue weighted by molar-refractivity contribution is 0.303. The highest BCUT2D eigenvalue weighted by Crippen LogP contribution is 2.30. The molecule has 1 aliphatic rings. The van der Waals surface area contributed by atoms with E-state index < -0.39 is 0 Å². The van der Waals surface area contributed by atoms with Crippen LogP contribution in [0.4, 0.5) is 4.39 Å². The molecule has 19 heavy (non-hydrogen) atoms. The highest BCUT2D eigenvalue weighted by molar-refractivity contribution is 5.72. The molecule has 2 rings (SSSR count). The predicted octanol–water partition coefficient (Wildman–Crippen LogP) is 3.72. The Hall–Kier alpha value is -1.35. The van der Waals surface area contributed by atoms with Gasteiger partial charge in [-0.15, -0.1) is 0 Å². The minimum atomic E-state index is -0.242. The summed E-state index contributed by atoms with van der Waals surface area (Å²) in [5.74, 6) is 0.418.